The van der Waals surface area contributed by atoms with Crippen LogP contribution in [0.25, 0.3) is 0 Å². The Labute approximate surface area is 119 Å². The van der Waals surface area contributed by atoms with E-state index in [1.54, 1.807) is 0 Å². The molecule has 1 aliphatic rings. The Kier molecular flexibility index (Phi) is 4.52. The molecule has 1 saturated carbocycles. The third-order valence-corrected chi connectivity index (χ3v) is 5.05. The summed E-state index contributed by atoms with van der Waals surface area (Å²) in [6.07, 6.45) is 2.22. The molecule has 1 aromatic rings. The molecule has 0 aromatic heterocycles. The summed E-state index contributed by atoms with van der Waals surface area (Å²) in [5.74, 6) is 0.449. The molecule has 1 aliphatic carbocycles. The van der Waals surface area contributed by atoms with E-state index in [1.165, 1.54) is 25.3 Å². The maximum Gasteiger partial charge on any atom is 0.240 e. The Hall–Kier alpha value is -1.31. The number of rotatable bonds is 4. The van der Waals surface area contributed by atoms with E-state index < -0.39 is 10.0 Å². The Bertz CT molecular complexity index is 566. The van der Waals surface area contributed by atoms with Gasteiger partial charge in [-0.05, 0) is 43.9 Å². The summed E-state index contributed by atoms with van der Waals surface area (Å²) in [5, 5.41) is 9.43. The fourth-order valence-electron chi connectivity index (χ4n) is 2.36. The number of anilines is 1. The zero-order chi connectivity index (χ0) is 14.8. The van der Waals surface area contributed by atoms with E-state index in [0.29, 0.717) is 31.4 Å². The van der Waals surface area contributed by atoms with Crippen LogP contribution in [0.3, 0.4) is 0 Å². The Balaban J connectivity index is 2.12. The van der Waals surface area contributed by atoms with Crippen LogP contribution in [-0.2, 0) is 10.0 Å². The van der Waals surface area contributed by atoms with Crippen molar-refractivity contribution in [2.45, 2.75) is 42.7 Å². The van der Waals surface area contributed by atoms with Crippen LogP contribution in [0.1, 0.15) is 25.7 Å². The number of methoxy groups -OCH3 is 1. The van der Waals surface area contributed by atoms with Crippen LogP contribution in [0.5, 0.6) is 5.75 Å². The number of benzene rings is 1. The van der Waals surface area contributed by atoms with Crippen molar-refractivity contribution in [3.63, 3.8) is 0 Å². The number of nitrogens with one attached hydrogen (secondary N) is 1. The zero-order valence-corrected chi connectivity index (χ0v) is 12.2. The minimum atomic E-state index is -3.59. The summed E-state index contributed by atoms with van der Waals surface area (Å²) >= 11 is 0. The molecule has 1 fully saturated rings. The number of hydrogen-bond acceptors (Lipinski definition) is 5. The van der Waals surface area contributed by atoms with Gasteiger partial charge in [-0.3, -0.25) is 0 Å². The second-order valence-corrected chi connectivity index (χ2v) is 6.74. The highest BCUT2D eigenvalue weighted by Gasteiger charge is 2.25. The van der Waals surface area contributed by atoms with Crippen LogP contribution in [0, 0.1) is 0 Å². The summed E-state index contributed by atoms with van der Waals surface area (Å²) in [6.45, 7) is 0. The van der Waals surface area contributed by atoms with Gasteiger partial charge in [0, 0.05) is 6.04 Å². The first kappa shape index (κ1) is 15.1. The molecule has 7 heteroatoms. The monoisotopic (exact) mass is 300 g/mol. The molecule has 0 aliphatic heterocycles. The highest BCUT2D eigenvalue weighted by atomic mass is 32.2. The van der Waals surface area contributed by atoms with Crippen molar-refractivity contribution in [3.8, 4) is 5.75 Å². The summed E-state index contributed by atoms with van der Waals surface area (Å²) < 4.78 is 32.2. The molecule has 20 heavy (non-hydrogen) atoms. The summed E-state index contributed by atoms with van der Waals surface area (Å²) in [7, 11) is -2.11. The molecule has 0 heterocycles. The molecule has 0 atom stereocenters. The normalized spacial score (nSPS) is 23.5. The van der Waals surface area contributed by atoms with Gasteiger partial charge in [0.1, 0.15) is 5.75 Å². The molecule has 0 unspecified atom stereocenters. The van der Waals surface area contributed by atoms with E-state index in [2.05, 4.69) is 4.72 Å². The number of ether oxygens (including phenoxy) is 1. The van der Waals surface area contributed by atoms with Crippen LogP contribution >= 0.6 is 0 Å². The van der Waals surface area contributed by atoms with Crippen molar-refractivity contribution in [1.29, 1.82) is 0 Å². The molecular formula is C13H20N2O4S. The number of aliphatic hydroxyl groups excluding tert-OH is 1. The van der Waals surface area contributed by atoms with Gasteiger partial charge in [-0.1, -0.05) is 0 Å². The number of nitrogen functional groups attached to an aromatic ring is 1. The van der Waals surface area contributed by atoms with Gasteiger partial charge in [0.2, 0.25) is 10.0 Å². The second kappa shape index (κ2) is 5.99. The lowest BCUT2D eigenvalue weighted by atomic mass is 9.94. The molecule has 6 nitrogen and oxygen atoms in total. The third-order valence-electron chi connectivity index (χ3n) is 3.53. The van der Waals surface area contributed by atoms with Crippen LogP contribution in [0.15, 0.2) is 23.1 Å². The Morgan fingerprint density at radius 1 is 1.30 bits per heavy atom. The van der Waals surface area contributed by atoms with Gasteiger partial charge in [0.25, 0.3) is 0 Å². The quantitative estimate of drug-likeness (QED) is 0.716. The van der Waals surface area contributed by atoms with E-state index in [1.807, 2.05) is 0 Å². The topological polar surface area (TPSA) is 102 Å². The number of hydrogen-bond donors (Lipinski definition) is 3. The molecule has 0 spiro atoms. The van der Waals surface area contributed by atoms with Crippen molar-refractivity contribution >= 4 is 15.7 Å². The van der Waals surface area contributed by atoms with Gasteiger partial charge in [0.15, 0.2) is 0 Å². The molecule has 1 aromatic carbocycles. The Morgan fingerprint density at radius 2 is 1.95 bits per heavy atom. The van der Waals surface area contributed by atoms with Gasteiger partial charge in [-0.15, -0.1) is 0 Å². The van der Waals surface area contributed by atoms with Gasteiger partial charge < -0.3 is 15.6 Å². The molecular weight excluding hydrogens is 280 g/mol. The van der Waals surface area contributed by atoms with E-state index in [4.69, 9.17) is 10.5 Å². The molecule has 0 bridgehead atoms. The first-order valence-electron chi connectivity index (χ1n) is 6.56. The fraction of sp³-hybridized carbons (Fsp3) is 0.538. The summed E-state index contributed by atoms with van der Waals surface area (Å²) in [4.78, 5) is 0.127. The number of nitrogens with two attached hydrogens (primary N) is 1. The molecule has 112 valence electrons. The predicted molar refractivity (Wildman–Crippen MR) is 76.0 cm³/mol. The van der Waals surface area contributed by atoms with Crippen molar-refractivity contribution in [2.75, 3.05) is 12.8 Å². The molecule has 0 radical (unpaired) electrons. The summed E-state index contributed by atoms with van der Waals surface area (Å²) in [5.41, 5.74) is 6.02. The maximum atomic E-state index is 12.3. The Morgan fingerprint density at radius 3 is 2.50 bits per heavy atom. The van der Waals surface area contributed by atoms with Gasteiger partial charge in [-0.2, -0.15) is 0 Å². The van der Waals surface area contributed by atoms with Crippen LogP contribution in [-0.4, -0.2) is 32.8 Å². The van der Waals surface area contributed by atoms with E-state index in [-0.39, 0.29) is 22.7 Å². The standard InChI is InChI=1S/C13H20N2O4S/c1-19-13-7-6-11(8-12(13)14)20(17,18)15-9-2-4-10(16)5-3-9/h6-10,15-16H,2-5,14H2,1H3. The lowest BCUT2D eigenvalue weighted by Gasteiger charge is -2.26. The number of aliphatic hydroxyl groups is 1. The average Bonchev–Trinajstić information content (AvgIpc) is 2.41. The van der Waals surface area contributed by atoms with Crippen LogP contribution in [0.2, 0.25) is 0 Å². The minimum Gasteiger partial charge on any atom is -0.495 e. The van der Waals surface area contributed by atoms with Crippen LogP contribution in [0.4, 0.5) is 5.69 Å². The molecule has 0 saturated heterocycles. The average molecular weight is 300 g/mol. The van der Waals surface area contributed by atoms with Gasteiger partial charge in [0.05, 0.1) is 23.8 Å². The molecule has 0 amide bonds. The predicted octanol–water partition coefficient (Wildman–Crippen LogP) is 0.859. The van der Waals surface area contributed by atoms with Crippen molar-refractivity contribution in [3.05, 3.63) is 18.2 Å². The SMILES string of the molecule is COc1ccc(S(=O)(=O)NC2CCC(O)CC2)cc1N. The lowest BCUT2D eigenvalue weighted by molar-refractivity contribution is 0.120. The van der Waals surface area contributed by atoms with E-state index in [0.717, 1.165) is 0 Å². The minimum absolute atomic E-state index is 0.127. The van der Waals surface area contributed by atoms with Crippen molar-refractivity contribution in [1.82, 2.24) is 4.72 Å². The van der Waals surface area contributed by atoms with Gasteiger partial charge in [-0.25, -0.2) is 13.1 Å². The second-order valence-electron chi connectivity index (χ2n) is 5.03. The van der Waals surface area contributed by atoms with E-state index in [9.17, 15) is 13.5 Å². The van der Waals surface area contributed by atoms with Crippen molar-refractivity contribution < 1.29 is 18.3 Å². The molecule has 4 N–H and O–H groups in total. The largest absolute Gasteiger partial charge is 0.495 e. The maximum absolute atomic E-state index is 12.3. The fourth-order valence-corrected chi connectivity index (χ4v) is 3.70. The first-order chi connectivity index (χ1) is 9.42. The smallest absolute Gasteiger partial charge is 0.240 e. The third kappa shape index (κ3) is 3.41. The van der Waals surface area contributed by atoms with Gasteiger partial charge >= 0.3 is 0 Å². The lowest BCUT2D eigenvalue weighted by Crippen LogP contribution is -2.38. The van der Waals surface area contributed by atoms with Crippen LogP contribution < -0.4 is 15.2 Å². The molecule has 2 rings (SSSR count). The summed E-state index contributed by atoms with van der Waals surface area (Å²) in [6, 6.07) is 4.26. The highest BCUT2D eigenvalue weighted by molar-refractivity contribution is 7.89. The zero-order valence-electron chi connectivity index (χ0n) is 11.4. The number of sulfonamides is 1. The highest BCUT2D eigenvalue weighted by Crippen LogP contribution is 2.25. The van der Waals surface area contributed by atoms with E-state index >= 15 is 0 Å². The van der Waals surface area contributed by atoms with Crippen molar-refractivity contribution in [2.24, 2.45) is 0 Å². The first-order valence-corrected chi connectivity index (χ1v) is 8.04.